The molecule has 0 aliphatic carbocycles. The van der Waals surface area contributed by atoms with E-state index in [-0.39, 0.29) is 5.56 Å². The predicted octanol–water partition coefficient (Wildman–Crippen LogP) is 3.78. The van der Waals surface area contributed by atoms with Crippen molar-refractivity contribution in [1.29, 1.82) is 0 Å². The van der Waals surface area contributed by atoms with E-state index < -0.39 is 23.5 Å². The molecule has 0 saturated heterocycles. The van der Waals surface area contributed by atoms with E-state index in [2.05, 4.69) is 0 Å². The van der Waals surface area contributed by atoms with E-state index in [0.29, 0.717) is 23.4 Å². The molecular formula is C16H16F3NO. The summed E-state index contributed by atoms with van der Waals surface area (Å²) in [7, 11) is 1.54. The Kier molecular flexibility index (Phi) is 4.23. The summed E-state index contributed by atoms with van der Waals surface area (Å²) in [5, 5.41) is 0. The molecule has 0 heterocycles. The summed E-state index contributed by atoms with van der Waals surface area (Å²) < 4.78 is 45.9. The summed E-state index contributed by atoms with van der Waals surface area (Å²) in [5.41, 5.74) is 7.76. The highest BCUT2D eigenvalue weighted by Crippen LogP contribution is 2.31. The summed E-state index contributed by atoms with van der Waals surface area (Å²) in [6.45, 7) is 3.59. The fourth-order valence-electron chi connectivity index (χ4n) is 2.37. The Morgan fingerprint density at radius 2 is 1.52 bits per heavy atom. The molecule has 0 aliphatic rings. The van der Waals surface area contributed by atoms with Gasteiger partial charge in [-0.1, -0.05) is 6.07 Å². The van der Waals surface area contributed by atoms with Gasteiger partial charge in [0.05, 0.1) is 13.2 Å². The van der Waals surface area contributed by atoms with Gasteiger partial charge in [-0.15, -0.1) is 0 Å². The van der Waals surface area contributed by atoms with Crippen LogP contribution in [0.2, 0.25) is 0 Å². The van der Waals surface area contributed by atoms with Gasteiger partial charge in [-0.25, -0.2) is 13.2 Å². The molecule has 2 nitrogen and oxygen atoms in total. The van der Waals surface area contributed by atoms with Crippen LogP contribution in [0, 0.1) is 31.3 Å². The second-order valence-corrected chi connectivity index (χ2v) is 4.94. The number of aryl methyl sites for hydroxylation is 2. The molecule has 0 amide bonds. The van der Waals surface area contributed by atoms with Gasteiger partial charge in [0.1, 0.15) is 23.2 Å². The van der Waals surface area contributed by atoms with Crippen LogP contribution >= 0.6 is 0 Å². The first-order valence-corrected chi connectivity index (χ1v) is 6.40. The third-order valence-corrected chi connectivity index (χ3v) is 3.47. The summed E-state index contributed by atoms with van der Waals surface area (Å²) >= 11 is 0. The minimum Gasteiger partial charge on any atom is -0.496 e. The number of hydrogen-bond donors (Lipinski definition) is 1. The molecule has 1 unspecified atom stereocenters. The smallest absolute Gasteiger partial charge is 0.134 e. The average Bonchev–Trinajstić information content (AvgIpc) is 2.39. The number of hydrogen-bond acceptors (Lipinski definition) is 2. The van der Waals surface area contributed by atoms with E-state index in [1.807, 2.05) is 6.92 Å². The first-order chi connectivity index (χ1) is 9.85. The number of methoxy groups -OCH3 is 1. The van der Waals surface area contributed by atoms with Gasteiger partial charge in [0, 0.05) is 17.7 Å². The third-order valence-electron chi connectivity index (χ3n) is 3.47. The largest absolute Gasteiger partial charge is 0.496 e. The molecule has 2 aromatic carbocycles. The Labute approximate surface area is 121 Å². The van der Waals surface area contributed by atoms with Gasteiger partial charge in [0.25, 0.3) is 0 Å². The Balaban J connectivity index is 2.55. The lowest BCUT2D eigenvalue weighted by molar-refractivity contribution is 0.411. The van der Waals surface area contributed by atoms with E-state index in [1.165, 1.54) is 0 Å². The van der Waals surface area contributed by atoms with Crippen molar-refractivity contribution in [2.24, 2.45) is 5.73 Å². The highest BCUT2D eigenvalue weighted by Gasteiger charge is 2.22. The lowest BCUT2D eigenvalue weighted by Gasteiger charge is -2.19. The van der Waals surface area contributed by atoms with Crippen LogP contribution in [0.4, 0.5) is 13.2 Å². The van der Waals surface area contributed by atoms with E-state index in [9.17, 15) is 13.2 Å². The zero-order valence-corrected chi connectivity index (χ0v) is 12.0. The molecule has 2 aromatic rings. The quantitative estimate of drug-likeness (QED) is 0.935. The van der Waals surface area contributed by atoms with Gasteiger partial charge in [0.2, 0.25) is 0 Å². The summed E-state index contributed by atoms with van der Waals surface area (Å²) in [5.74, 6) is -2.28. The predicted molar refractivity (Wildman–Crippen MR) is 74.8 cm³/mol. The Hall–Kier alpha value is -2.01. The Morgan fingerprint density at radius 3 is 2.05 bits per heavy atom. The van der Waals surface area contributed by atoms with Crippen molar-refractivity contribution in [1.82, 2.24) is 0 Å². The van der Waals surface area contributed by atoms with Gasteiger partial charge in [-0.05, 0) is 36.6 Å². The maximum Gasteiger partial charge on any atom is 0.134 e. The first-order valence-electron chi connectivity index (χ1n) is 6.40. The SMILES string of the molecule is COc1cc(C)c(C(N)c2c(F)cc(F)cc2F)cc1C. The van der Waals surface area contributed by atoms with E-state index in [1.54, 1.807) is 26.2 Å². The highest BCUT2D eigenvalue weighted by atomic mass is 19.1. The summed E-state index contributed by atoms with van der Waals surface area (Å²) in [6.07, 6.45) is 0. The highest BCUT2D eigenvalue weighted by molar-refractivity contribution is 5.46. The molecule has 2 N–H and O–H groups in total. The molecule has 0 fully saturated rings. The Bertz CT molecular complexity index is 662. The van der Waals surface area contributed by atoms with E-state index in [0.717, 1.165) is 11.1 Å². The van der Waals surface area contributed by atoms with Crippen LogP contribution in [0.3, 0.4) is 0 Å². The van der Waals surface area contributed by atoms with Crippen LogP contribution in [0.15, 0.2) is 24.3 Å². The normalized spacial score (nSPS) is 12.3. The Morgan fingerprint density at radius 1 is 0.952 bits per heavy atom. The third kappa shape index (κ3) is 2.88. The van der Waals surface area contributed by atoms with Gasteiger partial charge in [0.15, 0.2) is 0 Å². The van der Waals surface area contributed by atoms with E-state index in [4.69, 9.17) is 10.5 Å². The minimum absolute atomic E-state index is 0.343. The summed E-state index contributed by atoms with van der Waals surface area (Å²) in [4.78, 5) is 0. The molecule has 21 heavy (non-hydrogen) atoms. The maximum atomic E-state index is 13.8. The fourth-order valence-corrected chi connectivity index (χ4v) is 2.37. The van der Waals surface area contributed by atoms with Crippen LogP contribution in [-0.2, 0) is 0 Å². The fraction of sp³-hybridized carbons (Fsp3) is 0.250. The van der Waals surface area contributed by atoms with Gasteiger partial charge in [-0.2, -0.15) is 0 Å². The molecule has 0 spiro atoms. The molecule has 112 valence electrons. The van der Waals surface area contributed by atoms with Crippen LogP contribution in [0.25, 0.3) is 0 Å². The monoisotopic (exact) mass is 295 g/mol. The second-order valence-electron chi connectivity index (χ2n) is 4.94. The van der Waals surface area contributed by atoms with Crippen molar-refractivity contribution < 1.29 is 17.9 Å². The molecular weight excluding hydrogens is 279 g/mol. The van der Waals surface area contributed by atoms with Crippen molar-refractivity contribution in [2.75, 3.05) is 7.11 Å². The molecule has 5 heteroatoms. The number of benzene rings is 2. The van der Waals surface area contributed by atoms with Crippen molar-refractivity contribution >= 4 is 0 Å². The standard InChI is InChI=1S/C16H16F3NO/c1-8-5-14(21-3)9(2)4-11(8)16(20)15-12(18)6-10(17)7-13(15)19/h4-7,16H,20H2,1-3H3. The van der Waals surface area contributed by atoms with Crippen LogP contribution < -0.4 is 10.5 Å². The van der Waals surface area contributed by atoms with Crippen molar-refractivity contribution in [3.63, 3.8) is 0 Å². The van der Waals surface area contributed by atoms with Crippen LogP contribution in [0.5, 0.6) is 5.75 Å². The maximum absolute atomic E-state index is 13.8. The van der Waals surface area contributed by atoms with Crippen LogP contribution in [0.1, 0.15) is 28.3 Å². The number of nitrogens with two attached hydrogens (primary N) is 1. The molecule has 1 atom stereocenters. The molecule has 0 bridgehead atoms. The second kappa shape index (κ2) is 5.77. The first kappa shape index (κ1) is 15.4. The van der Waals surface area contributed by atoms with E-state index >= 15 is 0 Å². The van der Waals surface area contributed by atoms with Crippen LogP contribution in [-0.4, -0.2) is 7.11 Å². The zero-order valence-electron chi connectivity index (χ0n) is 12.0. The summed E-state index contributed by atoms with van der Waals surface area (Å²) in [6, 6.07) is 3.72. The number of rotatable bonds is 3. The topological polar surface area (TPSA) is 35.2 Å². The zero-order chi connectivity index (χ0) is 15.7. The average molecular weight is 295 g/mol. The lowest BCUT2D eigenvalue weighted by atomic mass is 9.93. The molecule has 0 saturated carbocycles. The molecule has 0 aromatic heterocycles. The van der Waals surface area contributed by atoms with Gasteiger partial charge >= 0.3 is 0 Å². The van der Waals surface area contributed by atoms with Crippen molar-refractivity contribution in [3.8, 4) is 5.75 Å². The molecule has 0 radical (unpaired) electrons. The van der Waals surface area contributed by atoms with Gasteiger partial charge in [-0.3, -0.25) is 0 Å². The molecule has 2 rings (SSSR count). The number of halogens is 3. The lowest BCUT2D eigenvalue weighted by Crippen LogP contribution is -2.17. The number of ether oxygens (including phenoxy) is 1. The molecule has 0 aliphatic heterocycles. The minimum atomic E-state index is -1.02. The van der Waals surface area contributed by atoms with Gasteiger partial charge < -0.3 is 10.5 Å². The van der Waals surface area contributed by atoms with Crippen molar-refractivity contribution in [3.05, 3.63) is 64.0 Å². The van der Waals surface area contributed by atoms with Crippen molar-refractivity contribution in [2.45, 2.75) is 19.9 Å².